The van der Waals surface area contributed by atoms with E-state index < -0.39 is 17.7 Å². The fourth-order valence-corrected chi connectivity index (χ4v) is 4.70. The van der Waals surface area contributed by atoms with Gasteiger partial charge >= 0.3 is 0 Å². The Balaban J connectivity index is 1.87. The summed E-state index contributed by atoms with van der Waals surface area (Å²) >= 11 is 0. The van der Waals surface area contributed by atoms with Gasteiger partial charge in [-0.25, -0.2) is 4.98 Å². The second kappa shape index (κ2) is 10.8. The van der Waals surface area contributed by atoms with Gasteiger partial charge in [0.25, 0.3) is 11.7 Å². The molecule has 8 nitrogen and oxygen atoms in total. The van der Waals surface area contributed by atoms with E-state index in [4.69, 9.17) is 4.74 Å². The molecule has 3 heterocycles. The van der Waals surface area contributed by atoms with E-state index in [1.165, 1.54) is 0 Å². The predicted octanol–water partition coefficient (Wildman–Crippen LogP) is 3.97. The summed E-state index contributed by atoms with van der Waals surface area (Å²) in [5, 5.41) is 11.6. The molecule has 1 amide bonds. The molecule has 0 aliphatic carbocycles. The summed E-state index contributed by atoms with van der Waals surface area (Å²) in [7, 11) is 0. The standard InChI is InChI=1S/C28H32N4O4/c1-5-17-36-21-12-10-11-20(18-21)25-23(27(34)28(35)32(25)16-15-30(6-2)7-3)26(33)24-19(4)29-22-13-8-9-14-31(22)24/h5,8-14,18,25,33H,1,6-7,15-17H2,2-4H3. The van der Waals surface area contributed by atoms with Crippen molar-refractivity contribution in [3.05, 3.63) is 83.8 Å². The molecule has 0 spiro atoms. The van der Waals surface area contributed by atoms with Crippen LogP contribution < -0.4 is 4.74 Å². The highest BCUT2D eigenvalue weighted by molar-refractivity contribution is 6.46. The van der Waals surface area contributed by atoms with Gasteiger partial charge in [0.15, 0.2) is 5.76 Å². The number of aryl methyl sites for hydroxylation is 1. The summed E-state index contributed by atoms with van der Waals surface area (Å²) in [6, 6.07) is 12.0. The molecule has 0 radical (unpaired) electrons. The lowest BCUT2D eigenvalue weighted by molar-refractivity contribution is -0.140. The van der Waals surface area contributed by atoms with E-state index in [-0.39, 0.29) is 11.3 Å². The van der Waals surface area contributed by atoms with E-state index in [0.29, 0.717) is 48.0 Å². The fourth-order valence-electron chi connectivity index (χ4n) is 4.70. The van der Waals surface area contributed by atoms with Gasteiger partial charge in [0, 0.05) is 19.3 Å². The van der Waals surface area contributed by atoms with E-state index in [0.717, 1.165) is 13.1 Å². The van der Waals surface area contributed by atoms with Crippen molar-refractivity contribution in [2.75, 3.05) is 32.8 Å². The van der Waals surface area contributed by atoms with E-state index in [2.05, 4.69) is 30.3 Å². The van der Waals surface area contributed by atoms with Gasteiger partial charge in [-0.3, -0.25) is 14.0 Å². The second-order valence-electron chi connectivity index (χ2n) is 8.67. The largest absolute Gasteiger partial charge is 0.505 e. The highest BCUT2D eigenvalue weighted by Gasteiger charge is 2.46. The van der Waals surface area contributed by atoms with Crippen molar-refractivity contribution in [1.82, 2.24) is 19.2 Å². The van der Waals surface area contributed by atoms with Gasteiger partial charge in [0.05, 0.1) is 17.3 Å². The minimum Gasteiger partial charge on any atom is -0.505 e. The van der Waals surface area contributed by atoms with E-state index in [1.54, 1.807) is 34.6 Å². The number of Topliss-reactive ketones (excluding diaryl/α,β-unsaturated/α-hetero) is 1. The number of hydrogen-bond acceptors (Lipinski definition) is 6. The molecular formula is C28H32N4O4. The molecule has 36 heavy (non-hydrogen) atoms. The van der Waals surface area contributed by atoms with Crippen molar-refractivity contribution < 1.29 is 19.4 Å². The topological polar surface area (TPSA) is 87.4 Å². The molecule has 1 aliphatic heterocycles. The number of hydrogen-bond donors (Lipinski definition) is 1. The quantitative estimate of drug-likeness (QED) is 0.201. The first-order valence-corrected chi connectivity index (χ1v) is 12.2. The van der Waals surface area contributed by atoms with Crippen LogP contribution in [0.3, 0.4) is 0 Å². The SMILES string of the molecule is C=CCOc1cccc(C2C(=C(O)c3c(C)nc4ccccn34)C(=O)C(=O)N2CCN(CC)CC)c1. The molecule has 1 aromatic carbocycles. The predicted molar refractivity (Wildman–Crippen MR) is 139 cm³/mol. The number of ketones is 1. The van der Waals surface area contributed by atoms with Crippen LogP contribution >= 0.6 is 0 Å². The minimum atomic E-state index is -0.762. The van der Waals surface area contributed by atoms with Gasteiger partial charge in [-0.1, -0.05) is 44.7 Å². The number of likely N-dealkylation sites (N-methyl/N-ethyl adjacent to an activating group) is 1. The molecular weight excluding hydrogens is 456 g/mol. The highest BCUT2D eigenvalue weighted by atomic mass is 16.5. The summed E-state index contributed by atoms with van der Waals surface area (Å²) in [6.45, 7) is 12.5. The van der Waals surface area contributed by atoms with Gasteiger partial charge in [-0.2, -0.15) is 0 Å². The first-order valence-electron chi connectivity index (χ1n) is 12.2. The molecule has 1 aliphatic rings. The maximum atomic E-state index is 13.4. The Morgan fingerprint density at radius 1 is 1.19 bits per heavy atom. The van der Waals surface area contributed by atoms with Crippen molar-refractivity contribution in [2.45, 2.75) is 26.8 Å². The summed E-state index contributed by atoms with van der Waals surface area (Å²) < 4.78 is 7.45. The Kier molecular flexibility index (Phi) is 7.55. The Morgan fingerprint density at radius 2 is 1.97 bits per heavy atom. The average Bonchev–Trinajstić information content (AvgIpc) is 3.36. The van der Waals surface area contributed by atoms with Crippen LogP contribution in [-0.4, -0.2) is 68.8 Å². The maximum Gasteiger partial charge on any atom is 0.295 e. The van der Waals surface area contributed by atoms with Crippen LogP contribution in [0.1, 0.15) is 36.8 Å². The van der Waals surface area contributed by atoms with Crippen LogP contribution in [0, 0.1) is 6.92 Å². The van der Waals surface area contributed by atoms with E-state index in [9.17, 15) is 14.7 Å². The van der Waals surface area contributed by atoms with Gasteiger partial charge in [-0.15, -0.1) is 0 Å². The fraction of sp³-hybridized carbons (Fsp3) is 0.321. The van der Waals surface area contributed by atoms with E-state index >= 15 is 0 Å². The average molecular weight is 489 g/mol. The lowest BCUT2D eigenvalue weighted by Gasteiger charge is -2.28. The van der Waals surface area contributed by atoms with Crippen LogP contribution in [-0.2, 0) is 9.59 Å². The number of aromatic nitrogens is 2. The number of imidazole rings is 1. The Labute approximate surface area is 211 Å². The van der Waals surface area contributed by atoms with E-state index in [1.807, 2.05) is 36.4 Å². The van der Waals surface area contributed by atoms with Crippen LogP contribution in [0.15, 0.2) is 66.9 Å². The van der Waals surface area contributed by atoms with Crippen LogP contribution in [0.2, 0.25) is 0 Å². The summed E-state index contributed by atoms with van der Waals surface area (Å²) in [6.07, 6.45) is 3.43. The maximum absolute atomic E-state index is 13.4. The normalized spacial score (nSPS) is 17.3. The highest BCUT2D eigenvalue weighted by Crippen LogP contribution is 2.40. The van der Waals surface area contributed by atoms with Crippen molar-refractivity contribution in [1.29, 1.82) is 0 Å². The number of amides is 1. The van der Waals surface area contributed by atoms with Crippen molar-refractivity contribution in [3.63, 3.8) is 0 Å². The first kappa shape index (κ1) is 25.2. The number of carbonyl (C=O) groups excluding carboxylic acids is 2. The number of pyridine rings is 1. The zero-order chi connectivity index (χ0) is 25.8. The molecule has 188 valence electrons. The van der Waals surface area contributed by atoms with Crippen molar-refractivity contribution in [3.8, 4) is 5.75 Å². The zero-order valence-corrected chi connectivity index (χ0v) is 21.0. The number of nitrogens with zero attached hydrogens (tertiary/aromatic N) is 4. The second-order valence-corrected chi connectivity index (χ2v) is 8.67. The Morgan fingerprint density at radius 3 is 2.69 bits per heavy atom. The number of ether oxygens (including phenoxy) is 1. The van der Waals surface area contributed by atoms with Crippen molar-refractivity contribution >= 4 is 23.1 Å². The number of aliphatic hydroxyl groups is 1. The number of aliphatic hydroxyl groups excluding tert-OH is 1. The number of carbonyl (C=O) groups is 2. The monoisotopic (exact) mass is 488 g/mol. The minimum absolute atomic E-state index is 0.0502. The van der Waals surface area contributed by atoms with Crippen LogP contribution in [0.5, 0.6) is 5.75 Å². The number of benzene rings is 1. The summed E-state index contributed by atoms with van der Waals surface area (Å²) in [5.41, 5.74) is 2.34. The molecule has 8 heteroatoms. The molecule has 0 saturated carbocycles. The third-order valence-corrected chi connectivity index (χ3v) is 6.56. The molecule has 2 aromatic heterocycles. The third-order valence-electron chi connectivity index (χ3n) is 6.56. The first-order chi connectivity index (χ1) is 17.4. The third kappa shape index (κ3) is 4.64. The lowest BCUT2D eigenvalue weighted by Crippen LogP contribution is -2.38. The molecule has 1 N–H and O–H groups in total. The Hall–Kier alpha value is -3.91. The van der Waals surface area contributed by atoms with Gasteiger partial charge in [-0.05, 0) is 49.8 Å². The van der Waals surface area contributed by atoms with Gasteiger partial charge in [0.2, 0.25) is 0 Å². The van der Waals surface area contributed by atoms with Crippen LogP contribution in [0.25, 0.3) is 11.4 Å². The molecule has 0 bridgehead atoms. The molecule has 3 aromatic rings. The van der Waals surface area contributed by atoms with Gasteiger partial charge in [0.1, 0.15) is 23.7 Å². The zero-order valence-electron chi connectivity index (χ0n) is 21.0. The molecule has 1 atom stereocenters. The molecule has 1 unspecified atom stereocenters. The smallest absolute Gasteiger partial charge is 0.295 e. The van der Waals surface area contributed by atoms with Gasteiger partial charge < -0.3 is 19.6 Å². The number of likely N-dealkylation sites (tertiary alicyclic amines) is 1. The molecule has 1 saturated heterocycles. The number of fused-ring (bicyclic) bond motifs is 1. The van der Waals surface area contributed by atoms with Crippen LogP contribution in [0.4, 0.5) is 0 Å². The molecule has 4 rings (SSSR count). The summed E-state index contributed by atoms with van der Waals surface area (Å²) in [5.74, 6) is -0.984. The number of rotatable bonds is 10. The Bertz CT molecular complexity index is 1320. The lowest BCUT2D eigenvalue weighted by atomic mass is 9.96. The van der Waals surface area contributed by atoms with Crippen molar-refractivity contribution in [2.24, 2.45) is 0 Å². The molecule has 1 fully saturated rings. The summed E-state index contributed by atoms with van der Waals surface area (Å²) in [4.78, 5) is 35.0.